The smallest absolute Gasteiger partial charge is 0.263 e. The molecule has 0 atom stereocenters. The topological polar surface area (TPSA) is 64.0 Å². The minimum absolute atomic E-state index is 0.000544. The van der Waals surface area contributed by atoms with Crippen LogP contribution in [0.5, 0.6) is 0 Å². The van der Waals surface area contributed by atoms with Crippen LogP contribution in [0, 0.1) is 0 Å². The number of rotatable bonds is 6. The summed E-state index contributed by atoms with van der Waals surface area (Å²) in [7, 11) is 0. The summed E-state index contributed by atoms with van der Waals surface area (Å²) in [5.74, 6) is -0.150. The monoisotopic (exact) mass is 399 g/mol. The highest BCUT2D eigenvalue weighted by molar-refractivity contribution is 7.18. The van der Waals surface area contributed by atoms with Crippen molar-refractivity contribution < 1.29 is 4.79 Å². The molecule has 3 aromatic heterocycles. The first-order valence-corrected chi connectivity index (χ1v) is 10.9. The van der Waals surface area contributed by atoms with Crippen LogP contribution in [0.25, 0.3) is 20.7 Å². The molecule has 0 radical (unpaired) electrons. The summed E-state index contributed by atoms with van der Waals surface area (Å²) in [6.07, 6.45) is 9.46. The molecular weight excluding hydrogens is 378 g/mol. The molecule has 3 heterocycles. The number of amides is 1. The third-order valence-corrected chi connectivity index (χ3v) is 6.60. The van der Waals surface area contributed by atoms with Gasteiger partial charge in [-0.25, -0.2) is 4.98 Å². The van der Waals surface area contributed by atoms with Gasteiger partial charge in [-0.3, -0.25) is 14.2 Å². The largest absolute Gasteiger partial charge is 0.354 e. The highest BCUT2D eigenvalue weighted by atomic mass is 32.1. The second kappa shape index (κ2) is 8.19. The Morgan fingerprint density at radius 2 is 2.22 bits per heavy atom. The van der Waals surface area contributed by atoms with Gasteiger partial charge in [0.15, 0.2) is 0 Å². The molecule has 140 valence electrons. The zero-order chi connectivity index (χ0) is 18.6. The number of allylic oxidation sites excluding steroid dienone is 1. The predicted molar refractivity (Wildman–Crippen MR) is 111 cm³/mol. The Labute approximate surface area is 165 Å². The fourth-order valence-electron chi connectivity index (χ4n) is 3.40. The number of carbonyl (C=O) groups excluding carboxylic acids is 1. The Kier molecular flexibility index (Phi) is 5.50. The molecule has 7 heteroatoms. The second-order valence-corrected chi connectivity index (χ2v) is 8.50. The van der Waals surface area contributed by atoms with Crippen LogP contribution in [0.4, 0.5) is 0 Å². The standard InChI is InChI=1S/C20H21N3O2S2/c24-17(21-9-8-14-5-2-1-3-6-14)11-23-13-22-19-18(20(23)25)15(12-27-19)16-7-4-10-26-16/h4-5,7,10,12-13H,1-3,6,8-9,11H2,(H,21,24). The molecule has 1 aliphatic rings. The van der Waals surface area contributed by atoms with E-state index in [-0.39, 0.29) is 18.0 Å². The van der Waals surface area contributed by atoms with Crippen LogP contribution in [0.1, 0.15) is 32.1 Å². The van der Waals surface area contributed by atoms with E-state index in [0.29, 0.717) is 16.8 Å². The first kappa shape index (κ1) is 18.1. The van der Waals surface area contributed by atoms with Gasteiger partial charge >= 0.3 is 0 Å². The summed E-state index contributed by atoms with van der Waals surface area (Å²) in [5.41, 5.74) is 2.18. The quantitative estimate of drug-likeness (QED) is 0.632. The lowest BCUT2D eigenvalue weighted by molar-refractivity contribution is -0.121. The Hall–Kier alpha value is -2.25. The summed E-state index contributed by atoms with van der Waals surface area (Å²) < 4.78 is 1.40. The van der Waals surface area contributed by atoms with Crippen LogP contribution in [-0.4, -0.2) is 22.0 Å². The Balaban J connectivity index is 1.46. The number of hydrogen-bond donors (Lipinski definition) is 1. The number of hydrogen-bond acceptors (Lipinski definition) is 5. The molecule has 5 nitrogen and oxygen atoms in total. The van der Waals surface area contributed by atoms with Crippen molar-refractivity contribution in [3.05, 3.63) is 51.2 Å². The van der Waals surface area contributed by atoms with E-state index >= 15 is 0 Å². The van der Waals surface area contributed by atoms with Gasteiger partial charge in [0, 0.05) is 22.4 Å². The highest BCUT2D eigenvalue weighted by Gasteiger charge is 2.15. The SMILES string of the molecule is O=C(Cn1cnc2scc(-c3cccs3)c2c1=O)NCCC1=CCCCC1. The first-order valence-electron chi connectivity index (χ1n) is 9.17. The molecule has 0 fully saturated rings. The number of thiophene rings is 2. The van der Waals surface area contributed by atoms with E-state index in [1.54, 1.807) is 11.3 Å². The highest BCUT2D eigenvalue weighted by Crippen LogP contribution is 2.33. The fourth-order valence-corrected chi connectivity index (χ4v) is 5.12. The lowest BCUT2D eigenvalue weighted by Gasteiger charge is -2.13. The summed E-state index contributed by atoms with van der Waals surface area (Å²) in [6.45, 7) is 0.620. The Bertz CT molecular complexity index is 1030. The van der Waals surface area contributed by atoms with Crippen LogP contribution in [0.2, 0.25) is 0 Å². The Morgan fingerprint density at radius 3 is 3.00 bits per heavy atom. The first-order chi connectivity index (χ1) is 13.2. The van der Waals surface area contributed by atoms with Crippen molar-refractivity contribution in [1.29, 1.82) is 0 Å². The van der Waals surface area contributed by atoms with E-state index in [2.05, 4.69) is 16.4 Å². The van der Waals surface area contributed by atoms with E-state index in [4.69, 9.17) is 0 Å². The molecular formula is C20H21N3O2S2. The summed E-state index contributed by atoms with van der Waals surface area (Å²) in [5, 5.41) is 7.48. The Morgan fingerprint density at radius 1 is 1.30 bits per heavy atom. The van der Waals surface area contributed by atoms with E-state index in [1.165, 1.54) is 40.6 Å². The van der Waals surface area contributed by atoms with Crippen molar-refractivity contribution in [2.75, 3.05) is 6.54 Å². The third-order valence-electron chi connectivity index (χ3n) is 4.81. The average Bonchev–Trinajstić information content (AvgIpc) is 3.34. The van der Waals surface area contributed by atoms with E-state index in [1.807, 2.05) is 22.9 Å². The summed E-state index contributed by atoms with van der Waals surface area (Å²) >= 11 is 3.05. The van der Waals surface area contributed by atoms with Crippen molar-refractivity contribution in [1.82, 2.24) is 14.9 Å². The number of aromatic nitrogens is 2. The molecule has 1 N–H and O–H groups in total. The molecule has 0 aromatic carbocycles. The zero-order valence-electron chi connectivity index (χ0n) is 14.9. The van der Waals surface area contributed by atoms with Crippen LogP contribution in [0.15, 0.2) is 45.7 Å². The van der Waals surface area contributed by atoms with Gasteiger partial charge in [0.2, 0.25) is 5.91 Å². The predicted octanol–water partition coefficient (Wildman–Crippen LogP) is 4.19. The van der Waals surface area contributed by atoms with Crippen LogP contribution in [-0.2, 0) is 11.3 Å². The maximum atomic E-state index is 12.9. The number of carbonyl (C=O) groups is 1. The van der Waals surface area contributed by atoms with Gasteiger partial charge in [0.05, 0.1) is 11.7 Å². The summed E-state index contributed by atoms with van der Waals surface area (Å²) in [4.78, 5) is 31.3. The maximum absolute atomic E-state index is 12.9. The molecule has 0 unspecified atom stereocenters. The van der Waals surface area contributed by atoms with Crippen molar-refractivity contribution in [2.24, 2.45) is 0 Å². The van der Waals surface area contributed by atoms with E-state index in [0.717, 1.165) is 29.7 Å². The molecule has 27 heavy (non-hydrogen) atoms. The van der Waals surface area contributed by atoms with Gasteiger partial charge in [-0.05, 0) is 43.6 Å². The fraction of sp³-hybridized carbons (Fsp3) is 0.350. The maximum Gasteiger partial charge on any atom is 0.263 e. The zero-order valence-corrected chi connectivity index (χ0v) is 16.6. The van der Waals surface area contributed by atoms with Crippen molar-refractivity contribution >= 4 is 38.8 Å². The van der Waals surface area contributed by atoms with E-state index in [9.17, 15) is 9.59 Å². The van der Waals surface area contributed by atoms with Gasteiger partial charge in [-0.2, -0.15) is 0 Å². The van der Waals surface area contributed by atoms with Crippen LogP contribution >= 0.6 is 22.7 Å². The third kappa shape index (κ3) is 4.04. The molecule has 0 saturated heterocycles. The van der Waals surface area contributed by atoms with Crippen molar-refractivity contribution in [3.8, 4) is 10.4 Å². The van der Waals surface area contributed by atoms with Gasteiger partial charge in [0.25, 0.3) is 5.56 Å². The molecule has 4 rings (SSSR count). The van der Waals surface area contributed by atoms with Gasteiger partial charge in [-0.15, -0.1) is 22.7 Å². The van der Waals surface area contributed by atoms with Gasteiger partial charge in [-0.1, -0.05) is 17.7 Å². The summed E-state index contributed by atoms with van der Waals surface area (Å²) in [6, 6.07) is 3.96. The second-order valence-electron chi connectivity index (χ2n) is 6.69. The average molecular weight is 400 g/mol. The van der Waals surface area contributed by atoms with Crippen LogP contribution < -0.4 is 10.9 Å². The normalized spacial score (nSPS) is 14.3. The number of nitrogens with zero attached hydrogens (tertiary/aromatic N) is 2. The van der Waals surface area contributed by atoms with Gasteiger partial charge in [0.1, 0.15) is 11.4 Å². The minimum Gasteiger partial charge on any atom is -0.354 e. The van der Waals surface area contributed by atoms with E-state index < -0.39 is 0 Å². The van der Waals surface area contributed by atoms with Crippen LogP contribution in [0.3, 0.4) is 0 Å². The number of nitrogens with one attached hydrogen (secondary N) is 1. The number of fused-ring (bicyclic) bond motifs is 1. The van der Waals surface area contributed by atoms with Crippen molar-refractivity contribution in [3.63, 3.8) is 0 Å². The molecule has 0 saturated carbocycles. The molecule has 1 amide bonds. The minimum atomic E-state index is -0.158. The molecule has 0 spiro atoms. The lowest BCUT2D eigenvalue weighted by atomic mass is 9.97. The van der Waals surface area contributed by atoms with Gasteiger partial charge < -0.3 is 5.32 Å². The lowest BCUT2D eigenvalue weighted by Crippen LogP contribution is -2.33. The molecule has 0 aliphatic heterocycles. The molecule has 3 aromatic rings. The molecule has 1 aliphatic carbocycles. The molecule has 0 bridgehead atoms. The van der Waals surface area contributed by atoms with Crippen molar-refractivity contribution in [2.45, 2.75) is 38.6 Å².